The standard InChI is InChI=1S/C16H22BrN3O/c1-11-7-13(4-5-14(11)17)19-16(21)10-20-8-12-3-2-6-18-15(12)9-20/h4-5,7,12,15,18H,2-3,6,8-10H2,1H3,(H,19,21)/t12-,15+/m0/s1. The Balaban J connectivity index is 1.53. The molecule has 3 rings (SSSR count). The molecule has 0 aliphatic carbocycles. The summed E-state index contributed by atoms with van der Waals surface area (Å²) < 4.78 is 1.06. The van der Waals surface area contributed by atoms with E-state index in [-0.39, 0.29) is 5.91 Å². The fourth-order valence-corrected chi connectivity index (χ4v) is 3.64. The maximum atomic E-state index is 12.2. The molecule has 0 radical (unpaired) electrons. The summed E-state index contributed by atoms with van der Waals surface area (Å²) in [5, 5.41) is 6.57. The number of hydrogen-bond donors (Lipinski definition) is 2. The second-order valence-electron chi connectivity index (χ2n) is 6.17. The zero-order valence-corrected chi connectivity index (χ0v) is 13.9. The van der Waals surface area contributed by atoms with E-state index in [2.05, 4.69) is 31.5 Å². The highest BCUT2D eigenvalue weighted by Gasteiger charge is 2.34. The number of carbonyl (C=O) groups is 1. The minimum absolute atomic E-state index is 0.0790. The Bertz CT molecular complexity index is 520. The average molecular weight is 352 g/mol. The Morgan fingerprint density at radius 2 is 2.33 bits per heavy atom. The molecule has 114 valence electrons. The lowest BCUT2D eigenvalue weighted by Gasteiger charge is -2.24. The fourth-order valence-electron chi connectivity index (χ4n) is 3.39. The molecule has 1 amide bonds. The summed E-state index contributed by atoms with van der Waals surface area (Å²) in [5.74, 6) is 0.803. The number of piperidine rings is 1. The van der Waals surface area contributed by atoms with Crippen molar-refractivity contribution in [2.24, 2.45) is 5.92 Å². The monoisotopic (exact) mass is 351 g/mol. The molecule has 1 aromatic carbocycles. The van der Waals surface area contributed by atoms with Crippen molar-refractivity contribution in [2.75, 3.05) is 31.5 Å². The maximum Gasteiger partial charge on any atom is 0.238 e. The van der Waals surface area contributed by atoms with Gasteiger partial charge in [-0.15, -0.1) is 0 Å². The summed E-state index contributed by atoms with van der Waals surface area (Å²) in [6, 6.07) is 6.48. The second-order valence-corrected chi connectivity index (χ2v) is 7.02. The highest BCUT2D eigenvalue weighted by molar-refractivity contribution is 9.10. The summed E-state index contributed by atoms with van der Waals surface area (Å²) in [5.41, 5.74) is 2.00. The van der Waals surface area contributed by atoms with Gasteiger partial charge < -0.3 is 10.6 Å². The van der Waals surface area contributed by atoms with Crippen molar-refractivity contribution in [3.8, 4) is 0 Å². The van der Waals surface area contributed by atoms with Crippen molar-refractivity contribution in [1.82, 2.24) is 10.2 Å². The lowest BCUT2D eigenvalue weighted by atomic mass is 9.94. The van der Waals surface area contributed by atoms with Crippen LogP contribution in [-0.2, 0) is 4.79 Å². The van der Waals surface area contributed by atoms with Gasteiger partial charge in [0.15, 0.2) is 0 Å². The van der Waals surface area contributed by atoms with E-state index in [0.29, 0.717) is 12.6 Å². The van der Waals surface area contributed by atoms with Crippen molar-refractivity contribution >= 4 is 27.5 Å². The smallest absolute Gasteiger partial charge is 0.238 e. The molecular formula is C16H22BrN3O. The molecule has 21 heavy (non-hydrogen) atoms. The van der Waals surface area contributed by atoms with Crippen molar-refractivity contribution in [3.63, 3.8) is 0 Å². The van der Waals surface area contributed by atoms with Crippen LogP contribution in [0.25, 0.3) is 0 Å². The van der Waals surface area contributed by atoms with Gasteiger partial charge in [-0.1, -0.05) is 15.9 Å². The predicted octanol–water partition coefficient (Wildman–Crippen LogP) is 2.38. The van der Waals surface area contributed by atoms with E-state index in [9.17, 15) is 4.79 Å². The van der Waals surface area contributed by atoms with E-state index < -0.39 is 0 Å². The quantitative estimate of drug-likeness (QED) is 0.878. The van der Waals surface area contributed by atoms with Crippen LogP contribution in [0.1, 0.15) is 18.4 Å². The van der Waals surface area contributed by atoms with Crippen LogP contribution in [0.5, 0.6) is 0 Å². The van der Waals surface area contributed by atoms with Crippen LogP contribution < -0.4 is 10.6 Å². The molecule has 0 saturated carbocycles. The van der Waals surface area contributed by atoms with Gasteiger partial charge in [0, 0.05) is 29.3 Å². The molecule has 2 atom stereocenters. The topological polar surface area (TPSA) is 44.4 Å². The van der Waals surface area contributed by atoms with Gasteiger partial charge in [-0.25, -0.2) is 0 Å². The predicted molar refractivity (Wildman–Crippen MR) is 88.5 cm³/mol. The van der Waals surface area contributed by atoms with Gasteiger partial charge >= 0.3 is 0 Å². The number of likely N-dealkylation sites (tertiary alicyclic amines) is 1. The largest absolute Gasteiger partial charge is 0.325 e. The molecule has 0 unspecified atom stereocenters. The van der Waals surface area contributed by atoms with Crippen LogP contribution in [0, 0.1) is 12.8 Å². The minimum Gasteiger partial charge on any atom is -0.325 e. The first-order chi connectivity index (χ1) is 10.1. The second kappa shape index (κ2) is 6.46. The number of carbonyl (C=O) groups excluding carboxylic acids is 1. The first kappa shape index (κ1) is 15.0. The van der Waals surface area contributed by atoms with E-state index in [1.807, 2.05) is 25.1 Å². The van der Waals surface area contributed by atoms with Crippen LogP contribution in [0.2, 0.25) is 0 Å². The van der Waals surface area contributed by atoms with Crippen molar-refractivity contribution in [3.05, 3.63) is 28.2 Å². The van der Waals surface area contributed by atoms with Gasteiger partial charge in [-0.2, -0.15) is 0 Å². The third-order valence-electron chi connectivity index (χ3n) is 4.48. The van der Waals surface area contributed by atoms with Crippen LogP contribution in [0.4, 0.5) is 5.69 Å². The number of rotatable bonds is 3. The molecule has 2 N–H and O–H groups in total. The number of anilines is 1. The van der Waals surface area contributed by atoms with E-state index in [1.165, 1.54) is 12.8 Å². The normalized spacial score (nSPS) is 25.6. The molecule has 5 heteroatoms. The number of aryl methyl sites for hydroxylation is 1. The highest BCUT2D eigenvalue weighted by Crippen LogP contribution is 2.25. The first-order valence-electron chi connectivity index (χ1n) is 7.63. The number of halogens is 1. The average Bonchev–Trinajstić information content (AvgIpc) is 2.84. The molecule has 2 aliphatic rings. The van der Waals surface area contributed by atoms with E-state index in [1.54, 1.807) is 0 Å². The fraction of sp³-hybridized carbons (Fsp3) is 0.562. The third-order valence-corrected chi connectivity index (χ3v) is 5.37. The SMILES string of the molecule is Cc1cc(NC(=O)CN2C[C@@H]3CCCN[C@@H]3C2)ccc1Br. The number of nitrogens with zero attached hydrogens (tertiary/aromatic N) is 1. The molecule has 0 bridgehead atoms. The Morgan fingerprint density at radius 3 is 3.10 bits per heavy atom. The highest BCUT2D eigenvalue weighted by atomic mass is 79.9. The molecular weight excluding hydrogens is 330 g/mol. The molecule has 2 saturated heterocycles. The van der Waals surface area contributed by atoms with Gasteiger partial charge in [-0.3, -0.25) is 9.69 Å². The van der Waals surface area contributed by atoms with E-state index in [0.717, 1.165) is 41.3 Å². The van der Waals surface area contributed by atoms with Gasteiger partial charge in [0.2, 0.25) is 5.91 Å². The van der Waals surface area contributed by atoms with Crippen LogP contribution >= 0.6 is 15.9 Å². The van der Waals surface area contributed by atoms with Gasteiger partial charge in [-0.05, 0) is 56.0 Å². The number of hydrogen-bond acceptors (Lipinski definition) is 3. The van der Waals surface area contributed by atoms with Crippen molar-refractivity contribution in [1.29, 1.82) is 0 Å². The lowest BCUT2D eigenvalue weighted by molar-refractivity contribution is -0.117. The number of amides is 1. The summed E-state index contributed by atoms with van der Waals surface area (Å²) in [6.45, 7) is 5.68. The van der Waals surface area contributed by atoms with Gasteiger partial charge in [0.25, 0.3) is 0 Å². The Kier molecular flexibility index (Phi) is 4.62. The van der Waals surface area contributed by atoms with Gasteiger partial charge in [0.05, 0.1) is 6.54 Å². The van der Waals surface area contributed by atoms with Crippen molar-refractivity contribution in [2.45, 2.75) is 25.8 Å². The van der Waals surface area contributed by atoms with E-state index in [4.69, 9.17) is 0 Å². The molecule has 2 heterocycles. The molecule has 2 fully saturated rings. The summed E-state index contributed by atoms with van der Waals surface area (Å²) in [7, 11) is 0. The number of nitrogens with one attached hydrogen (secondary N) is 2. The molecule has 0 aromatic heterocycles. The Morgan fingerprint density at radius 1 is 1.48 bits per heavy atom. The Hall–Kier alpha value is -0.910. The van der Waals surface area contributed by atoms with Crippen LogP contribution in [-0.4, -0.2) is 43.0 Å². The number of fused-ring (bicyclic) bond motifs is 1. The lowest BCUT2D eigenvalue weighted by Crippen LogP contribution is -2.41. The van der Waals surface area contributed by atoms with Gasteiger partial charge in [0.1, 0.15) is 0 Å². The van der Waals surface area contributed by atoms with Crippen LogP contribution in [0.3, 0.4) is 0 Å². The zero-order valence-electron chi connectivity index (χ0n) is 12.4. The number of benzene rings is 1. The maximum absolute atomic E-state index is 12.2. The zero-order chi connectivity index (χ0) is 14.8. The van der Waals surface area contributed by atoms with Crippen LogP contribution in [0.15, 0.2) is 22.7 Å². The van der Waals surface area contributed by atoms with Crippen molar-refractivity contribution < 1.29 is 4.79 Å². The Labute approximate surface area is 134 Å². The van der Waals surface area contributed by atoms with E-state index >= 15 is 0 Å². The first-order valence-corrected chi connectivity index (χ1v) is 8.43. The molecule has 1 aromatic rings. The summed E-state index contributed by atoms with van der Waals surface area (Å²) in [4.78, 5) is 14.5. The molecule has 0 spiro atoms. The molecule has 2 aliphatic heterocycles. The molecule has 4 nitrogen and oxygen atoms in total. The summed E-state index contributed by atoms with van der Waals surface area (Å²) >= 11 is 3.47. The minimum atomic E-state index is 0.0790. The third kappa shape index (κ3) is 3.65. The summed E-state index contributed by atoms with van der Waals surface area (Å²) in [6.07, 6.45) is 2.56.